The highest BCUT2D eigenvalue weighted by molar-refractivity contribution is 6.10. The molecule has 55 heavy (non-hydrogen) atoms. The summed E-state index contributed by atoms with van der Waals surface area (Å²) < 4.78 is 33.1. The smallest absolute Gasteiger partial charge is 0.133 e. The lowest BCUT2D eigenvalue weighted by Gasteiger charge is -2.46. The fourth-order valence-corrected chi connectivity index (χ4v) is 8.27. The Morgan fingerprint density at radius 1 is 0.436 bits per heavy atom. The molecule has 0 saturated carbocycles. The second-order valence-electron chi connectivity index (χ2n) is 13.6. The van der Waals surface area contributed by atoms with E-state index in [1.165, 1.54) is 0 Å². The normalized spacial score (nSPS) is 13.4. The molecule has 5 nitrogen and oxygen atoms in total. The van der Waals surface area contributed by atoms with Crippen LogP contribution >= 0.6 is 0 Å². The van der Waals surface area contributed by atoms with Crippen molar-refractivity contribution in [1.29, 1.82) is 0 Å². The highest BCUT2D eigenvalue weighted by Crippen LogP contribution is 2.52. The first-order chi connectivity index (χ1) is 26.7. The Labute approximate surface area is 333 Å². The lowest BCUT2D eigenvalue weighted by atomic mass is 9.79. The van der Waals surface area contributed by atoms with Crippen LogP contribution in [0.2, 0.25) is 12.1 Å². The van der Waals surface area contributed by atoms with Crippen LogP contribution in [0, 0.1) is 27.7 Å². The molecule has 7 heteroatoms. The number of para-hydroxylation sites is 2. The minimum atomic E-state index is -1.06. The van der Waals surface area contributed by atoms with Gasteiger partial charge < -0.3 is 23.7 Å². The lowest BCUT2D eigenvalue weighted by Crippen LogP contribution is -2.43. The summed E-state index contributed by atoms with van der Waals surface area (Å²) in [5, 5.41) is 0. The van der Waals surface area contributed by atoms with Crippen LogP contribution in [0.15, 0.2) is 133 Å². The molecule has 0 spiro atoms. The Morgan fingerprint density at radius 2 is 0.800 bits per heavy atom. The summed E-state index contributed by atoms with van der Waals surface area (Å²) >= 11 is 0. The van der Waals surface area contributed by atoms with Crippen molar-refractivity contribution in [2.24, 2.45) is 0 Å². The summed E-state index contributed by atoms with van der Waals surface area (Å²) in [5.74, 6) is 4.69. The molecule has 0 bridgehead atoms. The highest BCUT2D eigenvalue weighted by atomic mass is 28.1. The predicted molar refractivity (Wildman–Crippen MR) is 224 cm³/mol. The minimum Gasteiger partial charge on any atom is -0.494 e. The highest BCUT2D eigenvalue weighted by Gasteiger charge is 2.47. The Bertz CT molecular complexity index is 2020. The van der Waals surface area contributed by atoms with Gasteiger partial charge >= 0.3 is 0 Å². The Balaban J connectivity index is 1.63. The maximum atomic E-state index is 8.03. The van der Waals surface area contributed by atoms with E-state index >= 15 is 0 Å². The van der Waals surface area contributed by atoms with Crippen molar-refractivity contribution in [3.8, 4) is 34.5 Å². The molecule has 0 saturated heterocycles. The molecule has 2 unspecified atom stereocenters. The average molecular weight is 761 g/mol. The van der Waals surface area contributed by atoms with Gasteiger partial charge in [0.25, 0.3) is 0 Å². The summed E-state index contributed by atoms with van der Waals surface area (Å²) in [5.41, 5.74) is 5.69. The lowest BCUT2D eigenvalue weighted by molar-refractivity contribution is -0.106. The van der Waals surface area contributed by atoms with Gasteiger partial charge in [-0.3, -0.25) is 0 Å². The van der Waals surface area contributed by atoms with Gasteiger partial charge in [0.2, 0.25) is 0 Å². The maximum Gasteiger partial charge on any atom is 0.133 e. The van der Waals surface area contributed by atoms with Gasteiger partial charge in [-0.1, -0.05) is 84.9 Å². The largest absolute Gasteiger partial charge is 0.494 e. The Kier molecular flexibility index (Phi) is 12.7. The molecule has 0 N–H and O–H groups in total. The molecule has 278 valence electrons. The molecule has 0 aliphatic rings. The summed E-state index contributed by atoms with van der Waals surface area (Å²) in [6, 6.07) is 45.7. The van der Waals surface area contributed by atoms with Gasteiger partial charge in [-0.2, -0.15) is 0 Å². The maximum absolute atomic E-state index is 8.03. The van der Waals surface area contributed by atoms with Crippen LogP contribution in [-0.4, -0.2) is 33.7 Å². The number of benzene rings is 6. The van der Waals surface area contributed by atoms with Crippen molar-refractivity contribution in [2.45, 2.75) is 64.8 Å². The van der Waals surface area contributed by atoms with Gasteiger partial charge in [0.05, 0.1) is 13.2 Å². The standard InChI is InChI=1S/C48H48O5Si2/c1-7-49-39-25-21-37(22-26-39)47(31-54,43-29-19-33(3)45(35(43)5)51-41-15-11-9-12-16-41)53-48(32-55,38-23-27-40(28-24-38)50-8-2)44-30-20-34(4)46(36(44)6)52-42-17-13-10-14-18-42/h9-30H,7-8,31-32H2,1-6H3. The summed E-state index contributed by atoms with van der Waals surface area (Å²) in [6.45, 7) is 13.5. The van der Waals surface area contributed by atoms with Crippen LogP contribution in [0.5, 0.6) is 34.5 Å². The van der Waals surface area contributed by atoms with Crippen molar-refractivity contribution in [2.75, 3.05) is 13.2 Å². The van der Waals surface area contributed by atoms with E-state index in [4.69, 9.17) is 23.7 Å². The monoisotopic (exact) mass is 760 g/mol. The molecule has 6 radical (unpaired) electrons. The quantitative estimate of drug-likeness (QED) is 0.0920. The molecule has 0 fully saturated rings. The number of ether oxygens (including phenoxy) is 5. The number of rotatable bonds is 16. The van der Waals surface area contributed by atoms with E-state index in [-0.39, 0.29) is 0 Å². The summed E-state index contributed by atoms with van der Waals surface area (Å²) in [6.07, 6.45) is 0. The van der Waals surface area contributed by atoms with Crippen LogP contribution in [0.25, 0.3) is 0 Å². The zero-order chi connectivity index (χ0) is 39.0. The number of hydrogen-bond acceptors (Lipinski definition) is 5. The Hall–Kier alpha value is -5.09. The fourth-order valence-electron chi connectivity index (χ4n) is 7.33. The first kappa shape index (κ1) is 39.6. The molecule has 0 heterocycles. The second kappa shape index (κ2) is 17.6. The molecular formula is C48H48O5Si2. The van der Waals surface area contributed by atoms with Crippen LogP contribution in [0.1, 0.15) is 58.4 Å². The van der Waals surface area contributed by atoms with Crippen LogP contribution in [0.3, 0.4) is 0 Å². The predicted octanol–water partition coefficient (Wildman–Crippen LogP) is 11.7. The summed E-state index contributed by atoms with van der Waals surface area (Å²) in [4.78, 5) is 0. The van der Waals surface area contributed by atoms with Crippen molar-refractivity contribution < 1.29 is 23.7 Å². The third-order valence-electron chi connectivity index (χ3n) is 10.1. The van der Waals surface area contributed by atoms with Crippen LogP contribution < -0.4 is 18.9 Å². The van der Waals surface area contributed by atoms with Crippen molar-refractivity contribution >= 4 is 20.5 Å². The second-order valence-corrected chi connectivity index (χ2v) is 14.3. The molecular weight excluding hydrogens is 713 g/mol. The third-order valence-corrected chi connectivity index (χ3v) is 11.1. The van der Waals surface area contributed by atoms with Gasteiger partial charge in [0.15, 0.2) is 0 Å². The molecule has 6 aromatic carbocycles. The molecule has 6 rings (SSSR count). The first-order valence-corrected chi connectivity index (χ1v) is 20.2. The van der Waals surface area contributed by atoms with Gasteiger partial charge in [-0.05, 0) is 147 Å². The molecule has 0 aliphatic heterocycles. The zero-order valence-electron chi connectivity index (χ0n) is 32.6. The van der Waals surface area contributed by atoms with Crippen molar-refractivity contribution in [1.82, 2.24) is 0 Å². The van der Waals surface area contributed by atoms with E-state index in [0.717, 1.165) is 79.0 Å². The topological polar surface area (TPSA) is 46.2 Å². The number of aryl methyl sites for hydroxylation is 2. The van der Waals surface area contributed by atoms with Crippen LogP contribution in [-0.2, 0) is 15.9 Å². The van der Waals surface area contributed by atoms with E-state index in [0.29, 0.717) is 25.3 Å². The van der Waals surface area contributed by atoms with Crippen LogP contribution in [0.4, 0.5) is 0 Å². The number of hydrogen-bond donors (Lipinski definition) is 0. The SMILES string of the molecule is CCOc1ccc(C(C[Si])(OC(C[Si])(c2ccc(OCC)cc2)c2ccc(C)c(Oc3ccccc3)c2C)c2ccc(C)c(Oc3ccccc3)c2C)cc1. The van der Waals surface area contributed by atoms with E-state index in [2.05, 4.69) is 96.7 Å². The fraction of sp³-hybridized carbons (Fsp3) is 0.250. The Morgan fingerprint density at radius 3 is 1.13 bits per heavy atom. The van der Waals surface area contributed by atoms with Crippen molar-refractivity contribution in [3.63, 3.8) is 0 Å². The molecule has 0 aliphatic carbocycles. The molecule has 0 amide bonds. The molecule has 0 aromatic heterocycles. The van der Waals surface area contributed by atoms with Crippen molar-refractivity contribution in [3.05, 3.63) is 178 Å². The van der Waals surface area contributed by atoms with Gasteiger partial charge in [-0.25, -0.2) is 0 Å². The molecule has 2 atom stereocenters. The average Bonchev–Trinajstić information content (AvgIpc) is 3.21. The zero-order valence-corrected chi connectivity index (χ0v) is 34.6. The van der Waals surface area contributed by atoms with E-state index in [9.17, 15) is 0 Å². The third kappa shape index (κ3) is 8.15. The van der Waals surface area contributed by atoms with Gasteiger partial charge in [0, 0.05) is 20.5 Å². The van der Waals surface area contributed by atoms with Gasteiger partial charge in [-0.15, -0.1) is 0 Å². The molecule has 6 aromatic rings. The van der Waals surface area contributed by atoms with E-state index in [1.54, 1.807) is 0 Å². The van der Waals surface area contributed by atoms with Gasteiger partial charge in [0.1, 0.15) is 45.7 Å². The summed E-state index contributed by atoms with van der Waals surface area (Å²) in [7, 11) is 8.20. The van der Waals surface area contributed by atoms with E-state index in [1.807, 2.05) is 98.8 Å². The van der Waals surface area contributed by atoms with E-state index < -0.39 is 11.2 Å². The minimum absolute atomic E-state index is 0.416. The first-order valence-electron chi connectivity index (χ1n) is 18.8.